The van der Waals surface area contributed by atoms with E-state index in [0.29, 0.717) is 55.0 Å². The summed E-state index contributed by atoms with van der Waals surface area (Å²) < 4.78 is 21.6. The predicted molar refractivity (Wildman–Crippen MR) is 142 cm³/mol. The highest BCUT2D eigenvalue weighted by Crippen LogP contribution is 2.35. The normalized spacial score (nSPS) is 14.3. The lowest BCUT2D eigenvalue weighted by atomic mass is 10.1. The van der Waals surface area contributed by atoms with Gasteiger partial charge in [-0.15, -0.1) is 0 Å². The minimum Gasteiger partial charge on any atom is -0.496 e. The lowest BCUT2D eigenvalue weighted by Crippen LogP contribution is -2.47. The smallest absolute Gasteiger partial charge is 0.246 e. The minimum absolute atomic E-state index is 0.0536. The molecule has 2 aromatic heterocycles. The number of aromatic amines is 1. The lowest BCUT2D eigenvalue weighted by molar-refractivity contribution is -0.127. The van der Waals surface area contributed by atoms with Crippen LogP contribution in [-0.2, 0) is 17.8 Å². The van der Waals surface area contributed by atoms with E-state index in [0.717, 1.165) is 35.1 Å². The Morgan fingerprint density at radius 2 is 1.76 bits per heavy atom. The number of H-pyrrole nitrogens is 1. The first-order chi connectivity index (χ1) is 18.6. The van der Waals surface area contributed by atoms with Gasteiger partial charge in [0.15, 0.2) is 17.3 Å². The van der Waals surface area contributed by atoms with Crippen molar-refractivity contribution >= 4 is 22.9 Å². The van der Waals surface area contributed by atoms with Crippen LogP contribution in [0, 0.1) is 0 Å². The van der Waals surface area contributed by atoms with Crippen LogP contribution in [0.3, 0.4) is 0 Å². The van der Waals surface area contributed by atoms with E-state index in [4.69, 9.17) is 18.7 Å². The van der Waals surface area contributed by atoms with Crippen molar-refractivity contribution in [3.05, 3.63) is 71.5 Å². The van der Waals surface area contributed by atoms with Gasteiger partial charge in [0.05, 0.1) is 34.3 Å². The highest BCUT2D eigenvalue weighted by molar-refractivity contribution is 5.92. The Hall–Kier alpha value is -4.31. The molecule has 1 aliphatic heterocycles. The number of ether oxygens (including phenoxy) is 3. The van der Waals surface area contributed by atoms with Gasteiger partial charge in [-0.05, 0) is 23.8 Å². The Morgan fingerprint density at radius 1 is 1.03 bits per heavy atom. The molecule has 0 saturated carbocycles. The number of fused-ring (bicyclic) bond motifs is 1. The summed E-state index contributed by atoms with van der Waals surface area (Å²) in [7, 11) is 4.72. The molecule has 5 rings (SSSR count). The van der Waals surface area contributed by atoms with Crippen LogP contribution in [-0.4, -0.2) is 78.3 Å². The third-order valence-electron chi connectivity index (χ3n) is 6.72. The quantitative estimate of drug-likeness (QED) is 0.336. The van der Waals surface area contributed by atoms with E-state index in [9.17, 15) is 4.79 Å². The maximum Gasteiger partial charge on any atom is 0.246 e. The molecule has 1 N–H and O–H groups in total. The topological polar surface area (TPSA) is 106 Å². The fourth-order valence-electron chi connectivity index (χ4n) is 4.64. The summed E-state index contributed by atoms with van der Waals surface area (Å²) >= 11 is 0. The summed E-state index contributed by atoms with van der Waals surface area (Å²) in [5, 5.41) is 5.33. The zero-order valence-electron chi connectivity index (χ0n) is 21.8. The van der Waals surface area contributed by atoms with Gasteiger partial charge in [0.2, 0.25) is 11.8 Å². The largest absolute Gasteiger partial charge is 0.496 e. The number of aromatic nitrogens is 3. The number of carbonyl (C=O) groups is 1. The van der Waals surface area contributed by atoms with Crippen molar-refractivity contribution in [1.29, 1.82) is 0 Å². The van der Waals surface area contributed by atoms with Gasteiger partial charge in [-0.25, -0.2) is 0 Å². The highest BCUT2D eigenvalue weighted by atomic mass is 16.5. The Kier molecular flexibility index (Phi) is 7.60. The van der Waals surface area contributed by atoms with Gasteiger partial charge in [0.25, 0.3) is 0 Å². The molecule has 1 aliphatic rings. The molecule has 10 heteroatoms. The van der Waals surface area contributed by atoms with E-state index in [1.807, 2.05) is 29.3 Å². The molecule has 38 heavy (non-hydrogen) atoms. The molecular formula is C28H31N5O5. The van der Waals surface area contributed by atoms with Gasteiger partial charge in [0, 0.05) is 61.0 Å². The second kappa shape index (κ2) is 11.4. The van der Waals surface area contributed by atoms with Gasteiger partial charge in [-0.1, -0.05) is 23.4 Å². The van der Waals surface area contributed by atoms with E-state index in [-0.39, 0.29) is 5.91 Å². The van der Waals surface area contributed by atoms with Gasteiger partial charge in [-0.3, -0.25) is 9.69 Å². The number of benzene rings is 2. The van der Waals surface area contributed by atoms with Gasteiger partial charge < -0.3 is 28.6 Å². The number of nitrogens with zero attached hydrogens (tertiary/aromatic N) is 4. The molecule has 4 aromatic rings. The number of piperazine rings is 1. The van der Waals surface area contributed by atoms with Crippen LogP contribution >= 0.6 is 0 Å². The van der Waals surface area contributed by atoms with Crippen molar-refractivity contribution < 1.29 is 23.5 Å². The number of hydrogen-bond acceptors (Lipinski definition) is 8. The maximum atomic E-state index is 12.8. The number of para-hydroxylation sites is 1. The van der Waals surface area contributed by atoms with E-state index in [1.165, 1.54) is 0 Å². The zero-order chi connectivity index (χ0) is 26.5. The molecule has 2 aromatic carbocycles. The van der Waals surface area contributed by atoms with Crippen molar-refractivity contribution in [3.8, 4) is 17.2 Å². The standard InChI is InChI=1S/C28H31N5O5/c1-35-23-16-25(37-3)24(36-2)14-19(23)8-9-28(34)33-12-10-32(11-13-33)18-26-30-27(38-31-26)15-20-17-29-22-7-5-4-6-21(20)22/h4-9,14,16-17,29H,10-13,15,18H2,1-3H3/b9-8+. The molecule has 0 spiro atoms. The Labute approximate surface area is 220 Å². The van der Waals surface area contributed by atoms with E-state index < -0.39 is 0 Å². The first-order valence-corrected chi connectivity index (χ1v) is 12.4. The first kappa shape index (κ1) is 25.3. The fourth-order valence-corrected chi connectivity index (χ4v) is 4.64. The van der Waals surface area contributed by atoms with Crippen LogP contribution in [0.2, 0.25) is 0 Å². The van der Waals surface area contributed by atoms with E-state index in [1.54, 1.807) is 45.6 Å². The van der Waals surface area contributed by atoms with Gasteiger partial charge in [0.1, 0.15) is 5.75 Å². The second-order valence-corrected chi connectivity index (χ2v) is 9.02. The number of carbonyl (C=O) groups excluding carboxylic acids is 1. The predicted octanol–water partition coefficient (Wildman–Crippen LogP) is 3.53. The number of hydrogen-bond donors (Lipinski definition) is 1. The summed E-state index contributed by atoms with van der Waals surface area (Å²) in [4.78, 5) is 24.8. The first-order valence-electron chi connectivity index (χ1n) is 12.4. The van der Waals surface area contributed by atoms with Crippen LogP contribution in [0.4, 0.5) is 0 Å². The Balaban J connectivity index is 1.14. The minimum atomic E-state index is -0.0536. The highest BCUT2D eigenvalue weighted by Gasteiger charge is 2.22. The molecule has 0 atom stereocenters. The maximum absolute atomic E-state index is 12.8. The van der Waals surface area contributed by atoms with Crippen molar-refractivity contribution in [3.63, 3.8) is 0 Å². The Bertz CT molecular complexity index is 1430. The number of rotatable bonds is 9. The molecule has 3 heterocycles. The number of methoxy groups -OCH3 is 3. The molecule has 1 saturated heterocycles. The van der Waals surface area contributed by atoms with Crippen LogP contribution in [0.5, 0.6) is 17.2 Å². The average molecular weight is 518 g/mol. The monoisotopic (exact) mass is 517 g/mol. The molecule has 1 fully saturated rings. The Morgan fingerprint density at radius 3 is 2.53 bits per heavy atom. The van der Waals surface area contributed by atoms with Crippen LogP contribution in [0.1, 0.15) is 22.8 Å². The SMILES string of the molecule is COc1cc(OC)c(OC)cc1/C=C/C(=O)N1CCN(Cc2noc(Cc3c[nH]c4ccccc34)n2)CC1. The van der Waals surface area contributed by atoms with Crippen molar-refractivity contribution in [2.75, 3.05) is 47.5 Å². The zero-order valence-corrected chi connectivity index (χ0v) is 21.8. The molecule has 0 bridgehead atoms. The molecule has 10 nitrogen and oxygen atoms in total. The molecule has 0 unspecified atom stereocenters. The van der Waals surface area contributed by atoms with Crippen LogP contribution in [0.15, 0.2) is 53.2 Å². The average Bonchev–Trinajstić information content (AvgIpc) is 3.58. The summed E-state index contributed by atoms with van der Waals surface area (Å²) in [6, 6.07) is 11.7. The number of nitrogens with one attached hydrogen (secondary N) is 1. The van der Waals surface area contributed by atoms with Gasteiger partial charge >= 0.3 is 0 Å². The molecular weight excluding hydrogens is 486 g/mol. The summed E-state index contributed by atoms with van der Waals surface area (Å²) in [5.41, 5.74) is 2.95. The second-order valence-electron chi connectivity index (χ2n) is 9.02. The van der Waals surface area contributed by atoms with Crippen molar-refractivity contribution in [2.24, 2.45) is 0 Å². The van der Waals surface area contributed by atoms with E-state index in [2.05, 4.69) is 26.1 Å². The van der Waals surface area contributed by atoms with Crippen LogP contribution < -0.4 is 14.2 Å². The molecule has 198 valence electrons. The van der Waals surface area contributed by atoms with Gasteiger partial charge in [-0.2, -0.15) is 4.98 Å². The summed E-state index contributed by atoms with van der Waals surface area (Å²) in [5.74, 6) is 2.92. The van der Waals surface area contributed by atoms with Crippen molar-refractivity contribution in [2.45, 2.75) is 13.0 Å². The van der Waals surface area contributed by atoms with Crippen LogP contribution in [0.25, 0.3) is 17.0 Å². The third-order valence-corrected chi connectivity index (χ3v) is 6.72. The van der Waals surface area contributed by atoms with E-state index >= 15 is 0 Å². The fraction of sp³-hybridized carbons (Fsp3) is 0.321. The molecule has 0 aliphatic carbocycles. The lowest BCUT2D eigenvalue weighted by Gasteiger charge is -2.33. The third kappa shape index (κ3) is 5.50. The van der Waals surface area contributed by atoms with Crippen molar-refractivity contribution in [1.82, 2.24) is 24.9 Å². The summed E-state index contributed by atoms with van der Waals surface area (Å²) in [6.07, 6.45) is 5.87. The molecule has 1 amide bonds. The molecule has 0 radical (unpaired) electrons. The number of amides is 1. The summed E-state index contributed by atoms with van der Waals surface area (Å²) in [6.45, 7) is 3.27.